The molecule has 1 unspecified atom stereocenters. The first-order valence-electron chi connectivity index (χ1n) is 9.16. The van der Waals surface area contributed by atoms with E-state index < -0.39 is 0 Å². The van der Waals surface area contributed by atoms with Crippen molar-refractivity contribution in [3.05, 3.63) is 40.9 Å². The summed E-state index contributed by atoms with van der Waals surface area (Å²) in [6.45, 7) is 1.29. The number of rotatable bonds is 3. The van der Waals surface area contributed by atoms with Crippen LogP contribution < -0.4 is 5.32 Å². The van der Waals surface area contributed by atoms with Gasteiger partial charge in [0.2, 0.25) is 16.9 Å². The molecule has 1 aliphatic heterocycles. The van der Waals surface area contributed by atoms with E-state index in [0.29, 0.717) is 31.1 Å². The minimum absolute atomic E-state index is 0.0168. The van der Waals surface area contributed by atoms with Crippen LogP contribution in [0.2, 0.25) is 0 Å². The van der Waals surface area contributed by atoms with Gasteiger partial charge in [-0.15, -0.1) is 10.2 Å². The number of likely N-dealkylation sites (tertiary alicyclic amines) is 1. The fourth-order valence-corrected chi connectivity index (χ4v) is 4.48. The second-order valence-electron chi connectivity index (χ2n) is 6.98. The first kappa shape index (κ1) is 17.1. The van der Waals surface area contributed by atoms with Gasteiger partial charge in [0.15, 0.2) is 0 Å². The van der Waals surface area contributed by atoms with Crippen LogP contribution >= 0.6 is 11.3 Å². The Kier molecular flexibility index (Phi) is 4.97. The molecule has 2 aliphatic rings. The third-order valence-electron chi connectivity index (χ3n) is 5.44. The molecule has 1 aromatic carbocycles. The molecule has 6 nitrogen and oxygen atoms in total. The molecule has 1 fully saturated rings. The predicted octanol–water partition coefficient (Wildman–Crippen LogP) is 2.84. The molecule has 1 N–H and O–H groups in total. The van der Waals surface area contributed by atoms with Crippen molar-refractivity contribution in [2.24, 2.45) is 5.92 Å². The Morgan fingerprint density at radius 3 is 2.73 bits per heavy atom. The summed E-state index contributed by atoms with van der Waals surface area (Å²) in [7, 11) is 0. The molecular formula is C19H22N4O2S. The summed E-state index contributed by atoms with van der Waals surface area (Å²) in [5.74, 6) is 0.116. The topological polar surface area (TPSA) is 75.2 Å². The van der Waals surface area contributed by atoms with Crippen LogP contribution in [-0.4, -0.2) is 40.0 Å². The Morgan fingerprint density at radius 1 is 1.15 bits per heavy atom. The van der Waals surface area contributed by atoms with Gasteiger partial charge >= 0.3 is 0 Å². The molecule has 0 radical (unpaired) electrons. The third-order valence-corrected chi connectivity index (χ3v) is 6.04. The molecule has 1 atom stereocenters. The summed E-state index contributed by atoms with van der Waals surface area (Å²) >= 11 is 1.31. The van der Waals surface area contributed by atoms with Crippen LogP contribution in [0, 0.1) is 5.92 Å². The zero-order valence-corrected chi connectivity index (χ0v) is 15.4. The second kappa shape index (κ2) is 7.53. The molecule has 2 amide bonds. The largest absolute Gasteiger partial charge is 0.342 e. The van der Waals surface area contributed by atoms with E-state index in [0.717, 1.165) is 19.3 Å². The zero-order chi connectivity index (χ0) is 17.9. The lowest BCUT2D eigenvalue weighted by atomic mass is 9.81. The van der Waals surface area contributed by atoms with E-state index in [9.17, 15) is 9.59 Å². The minimum Gasteiger partial charge on any atom is -0.342 e. The summed E-state index contributed by atoms with van der Waals surface area (Å²) in [4.78, 5) is 27.3. The van der Waals surface area contributed by atoms with Crippen molar-refractivity contribution in [3.8, 4) is 0 Å². The minimum atomic E-state index is -0.0680. The number of aromatic nitrogens is 2. The van der Waals surface area contributed by atoms with Crippen molar-refractivity contribution in [2.75, 3.05) is 18.4 Å². The van der Waals surface area contributed by atoms with Crippen LogP contribution in [0.15, 0.2) is 29.8 Å². The number of aryl methyl sites for hydroxylation is 1. The number of anilines is 1. The Hall–Kier alpha value is -2.28. The third kappa shape index (κ3) is 3.49. The van der Waals surface area contributed by atoms with Crippen LogP contribution in [0.3, 0.4) is 0 Å². The Morgan fingerprint density at radius 2 is 1.96 bits per heavy atom. The van der Waals surface area contributed by atoms with E-state index in [1.807, 2.05) is 17.0 Å². The predicted molar refractivity (Wildman–Crippen MR) is 100.0 cm³/mol. The highest BCUT2D eigenvalue weighted by molar-refractivity contribution is 7.13. The molecule has 136 valence electrons. The monoisotopic (exact) mass is 370 g/mol. The van der Waals surface area contributed by atoms with Gasteiger partial charge in [0.1, 0.15) is 5.51 Å². The lowest BCUT2D eigenvalue weighted by Gasteiger charge is -2.35. The number of piperidine rings is 1. The first-order valence-corrected chi connectivity index (χ1v) is 10.0. The van der Waals surface area contributed by atoms with Crippen LogP contribution in [0.1, 0.15) is 42.7 Å². The number of carbonyl (C=O) groups excluding carboxylic acids is 2. The molecule has 0 saturated carbocycles. The van der Waals surface area contributed by atoms with E-state index in [4.69, 9.17) is 0 Å². The van der Waals surface area contributed by atoms with Gasteiger partial charge in [0.05, 0.1) is 5.92 Å². The van der Waals surface area contributed by atoms with Gasteiger partial charge in [-0.3, -0.25) is 9.59 Å². The summed E-state index contributed by atoms with van der Waals surface area (Å²) in [6.07, 6.45) is 4.45. The number of hydrogen-bond donors (Lipinski definition) is 1. The number of benzene rings is 1. The Balaban J connectivity index is 1.36. The van der Waals surface area contributed by atoms with E-state index in [1.165, 1.54) is 22.5 Å². The van der Waals surface area contributed by atoms with Crippen molar-refractivity contribution >= 4 is 28.3 Å². The van der Waals surface area contributed by atoms with Crippen molar-refractivity contribution in [1.29, 1.82) is 0 Å². The van der Waals surface area contributed by atoms with Gasteiger partial charge < -0.3 is 10.2 Å². The molecule has 1 saturated heterocycles. The highest BCUT2D eigenvalue weighted by atomic mass is 32.1. The molecule has 0 bridgehead atoms. The molecular weight excluding hydrogens is 348 g/mol. The number of carbonyl (C=O) groups is 2. The van der Waals surface area contributed by atoms with Crippen LogP contribution in [0.5, 0.6) is 0 Å². The van der Waals surface area contributed by atoms with Crippen molar-refractivity contribution in [1.82, 2.24) is 15.1 Å². The SMILES string of the molecule is O=C(Nc1nncs1)C1CCN(C(=O)C2CCCc3ccccc32)CC1. The maximum absolute atomic E-state index is 13.1. The summed E-state index contributed by atoms with van der Waals surface area (Å²) < 4.78 is 0. The lowest BCUT2D eigenvalue weighted by molar-refractivity contribution is -0.136. The van der Waals surface area contributed by atoms with Crippen LogP contribution in [0.4, 0.5) is 5.13 Å². The molecule has 26 heavy (non-hydrogen) atoms. The quantitative estimate of drug-likeness (QED) is 0.901. The number of fused-ring (bicyclic) bond motifs is 1. The van der Waals surface area contributed by atoms with Gasteiger partial charge in [-0.25, -0.2) is 0 Å². The number of nitrogens with zero attached hydrogens (tertiary/aromatic N) is 3. The number of amides is 2. The molecule has 4 rings (SSSR count). The lowest BCUT2D eigenvalue weighted by Crippen LogP contribution is -2.43. The summed E-state index contributed by atoms with van der Waals surface area (Å²) in [5, 5.41) is 10.9. The van der Waals surface area contributed by atoms with Gasteiger partial charge in [0.25, 0.3) is 0 Å². The molecule has 0 spiro atoms. The highest BCUT2D eigenvalue weighted by Gasteiger charge is 2.33. The molecule has 2 heterocycles. The molecule has 7 heteroatoms. The van der Waals surface area contributed by atoms with Gasteiger partial charge in [-0.05, 0) is 43.2 Å². The average Bonchev–Trinajstić information content (AvgIpc) is 3.20. The molecule has 2 aromatic rings. The van der Waals surface area contributed by atoms with Gasteiger partial charge in [0, 0.05) is 19.0 Å². The van der Waals surface area contributed by atoms with E-state index in [2.05, 4.69) is 27.6 Å². The van der Waals surface area contributed by atoms with E-state index in [1.54, 1.807) is 5.51 Å². The first-order chi connectivity index (χ1) is 12.7. The number of hydrogen-bond acceptors (Lipinski definition) is 5. The summed E-state index contributed by atoms with van der Waals surface area (Å²) in [5.41, 5.74) is 4.10. The maximum Gasteiger partial charge on any atom is 0.230 e. The fourth-order valence-electron chi connectivity index (χ4n) is 4.03. The average molecular weight is 370 g/mol. The standard InChI is InChI=1S/C19H22N4O2S/c24-17(21-19-22-20-12-26-19)14-8-10-23(11-9-14)18(25)16-7-3-5-13-4-1-2-6-15(13)16/h1-2,4,6,12,14,16H,3,5,7-11H2,(H,21,22,24). The number of nitrogens with one attached hydrogen (secondary N) is 1. The second-order valence-corrected chi connectivity index (χ2v) is 7.81. The fraction of sp³-hybridized carbons (Fsp3) is 0.474. The maximum atomic E-state index is 13.1. The van der Waals surface area contributed by atoms with Crippen LogP contribution in [-0.2, 0) is 16.0 Å². The van der Waals surface area contributed by atoms with Crippen molar-refractivity contribution in [3.63, 3.8) is 0 Å². The molecule has 1 aliphatic carbocycles. The normalized spacial score (nSPS) is 20.5. The Labute approximate surface area is 156 Å². The van der Waals surface area contributed by atoms with E-state index in [-0.39, 0.29) is 23.7 Å². The van der Waals surface area contributed by atoms with E-state index >= 15 is 0 Å². The van der Waals surface area contributed by atoms with Gasteiger partial charge in [-0.2, -0.15) is 0 Å². The molecule has 1 aromatic heterocycles. The zero-order valence-electron chi connectivity index (χ0n) is 14.6. The smallest absolute Gasteiger partial charge is 0.230 e. The Bertz CT molecular complexity index is 785. The van der Waals surface area contributed by atoms with Crippen LogP contribution in [0.25, 0.3) is 0 Å². The van der Waals surface area contributed by atoms with Gasteiger partial charge in [-0.1, -0.05) is 35.6 Å². The van der Waals surface area contributed by atoms with Crippen molar-refractivity contribution < 1.29 is 9.59 Å². The highest BCUT2D eigenvalue weighted by Crippen LogP contribution is 2.34. The summed E-state index contributed by atoms with van der Waals surface area (Å²) in [6, 6.07) is 8.31. The van der Waals surface area contributed by atoms with Crippen molar-refractivity contribution in [2.45, 2.75) is 38.0 Å².